The summed E-state index contributed by atoms with van der Waals surface area (Å²) in [5, 5.41) is 8.56. The molecule has 1 rings (SSSR count). The Kier molecular flexibility index (Phi) is 2.67. The van der Waals surface area contributed by atoms with E-state index in [2.05, 4.69) is 11.6 Å². The minimum Gasteiger partial charge on any atom is -0.295 e. The van der Waals surface area contributed by atoms with E-state index >= 15 is 0 Å². The van der Waals surface area contributed by atoms with E-state index in [0.29, 0.717) is 6.54 Å². The monoisotopic (exact) mass is 191 g/mol. The van der Waals surface area contributed by atoms with Crippen molar-refractivity contribution < 1.29 is 0 Å². The molecule has 0 aliphatic heterocycles. The van der Waals surface area contributed by atoms with Gasteiger partial charge in [0.1, 0.15) is 11.6 Å². The Bertz CT molecular complexity index is 516. The molecule has 0 atom stereocenters. The maximum absolute atomic E-state index is 11.2. The molecule has 0 aliphatic rings. The zero-order valence-corrected chi connectivity index (χ0v) is 7.70. The van der Waals surface area contributed by atoms with E-state index in [1.807, 2.05) is 0 Å². The molecule has 5 nitrogen and oxygen atoms in total. The minimum absolute atomic E-state index is 0.0779. The average molecular weight is 191 g/mol. The van der Waals surface area contributed by atoms with Crippen LogP contribution in [0.15, 0.2) is 27.9 Å². The van der Waals surface area contributed by atoms with Gasteiger partial charge in [0.05, 0.1) is 0 Å². The van der Waals surface area contributed by atoms with Gasteiger partial charge in [-0.05, 0) is 6.92 Å². The van der Waals surface area contributed by atoms with Crippen molar-refractivity contribution in [3.63, 3.8) is 0 Å². The summed E-state index contributed by atoms with van der Waals surface area (Å²) in [5.74, 6) is 0. The molecule has 0 bridgehead atoms. The number of nitriles is 1. The molecule has 0 spiro atoms. The van der Waals surface area contributed by atoms with E-state index in [-0.39, 0.29) is 5.56 Å². The third-order valence-corrected chi connectivity index (χ3v) is 1.57. The molecule has 0 amide bonds. The number of rotatable bonds is 2. The molecule has 0 saturated heterocycles. The van der Waals surface area contributed by atoms with Crippen molar-refractivity contribution in [2.75, 3.05) is 0 Å². The maximum Gasteiger partial charge on any atom is 0.328 e. The number of H-pyrrole nitrogens is 1. The number of aromatic nitrogens is 2. The van der Waals surface area contributed by atoms with Gasteiger partial charge in [-0.3, -0.25) is 14.3 Å². The highest BCUT2D eigenvalue weighted by Crippen LogP contribution is 1.92. The van der Waals surface area contributed by atoms with Gasteiger partial charge < -0.3 is 0 Å². The number of nitrogens with one attached hydrogen (secondary N) is 1. The fourth-order valence-electron chi connectivity index (χ4n) is 0.997. The van der Waals surface area contributed by atoms with Crippen molar-refractivity contribution in [3.8, 4) is 6.07 Å². The summed E-state index contributed by atoms with van der Waals surface area (Å²) in [6, 6.07) is 1.70. The molecule has 0 aromatic carbocycles. The molecular formula is C9H9N3O2. The highest BCUT2D eigenvalue weighted by atomic mass is 16.2. The Hall–Kier alpha value is -2.09. The van der Waals surface area contributed by atoms with Crippen LogP contribution in [0.4, 0.5) is 0 Å². The topological polar surface area (TPSA) is 78.7 Å². The molecular weight excluding hydrogens is 182 g/mol. The molecule has 5 heteroatoms. The first-order valence-electron chi connectivity index (χ1n) is 3.93. The predicted octanol–water partition coefficient (Wildman–Crippen LogP) is -0.0156. The van der Waals surface area contributed by atoms with Crippen LogP contribution in [0.3, 0.4) is 0 Å². The summed E-state index contributed by atoms with van der Waals surface area (Å²) in [5.41, 5.74) is -0.499. The van der Waals surface area contributed by atoms with Gasteiger partial charge in [0.2, 0.25) is 0 Å². The Balaban J connectivity index is 3.34. The first kappa shape index (κ1) is 9.99. The second-order valence-electron chi connectivity index (χ2n) is 3.00. The highest BCUT2D eigenvalue weighted by Gasteiger charge is 2.02. The number of hydrogen-bond acceptors (Lipinski definition) is 3. The molecule has 0 unspecified atom stereocenters. The predicted molar refractivity (Wildman–Crippen MR) is 50.9 cm³/mol. The molecule has 0 aliphatic carbocycles. The van der Waals surface area contributed by atoms with E-state index in [4.69, 9.17) is 5.26 Å². The van der Waals surface area contributed by atoms with Crippen LogP contribution in [0, 0.1) is 11.3 Å². The molecule has 0 fully saturated rings. The number of hydrogen-bond donors (Lipinski definition) is 1. The Morgan fingerprint density at radius 3 is 2.86 bits per heavy atom. The average Bonchev–Trinajstić information content (AvgIpc) is 2.09. The van der Waals surface area contributed by atoms with Crippen LogP contribution in [0.2, 0.25) is 0 Å². The molecule has 72 valence electrons. The smallest absolute Gasteiger partial charge is 0.295 e. The fraction of sp³-hybridized carbons (Fsp3) is 0.222. The van der Waals surface area contributed by atoms with Crippen molar-refractivity contribution >= 4 is 0 Å². The lowest BCUT2D eigenvalue weighted by molar-refractivity contribution is 0.709. The molecule has 1 aromatic heterocycles. The van der Waals surface area contributed by atoms with Gasteiger partial charge >= 0.3 is 5.69 Å². The second-order valence-corrected chi connectivity index (χ2v) is 3.00. The standard InChI is InChI=1S/C9H9N3O2/c1-6(2)4-12-5-7(3-10)8(13)11-9(12)14/h5H,1,4H2,2H3,(H,11,13,14). The van der Waals surface area contributed by atoms with Crippen molar-refractivity contribution in [1.82, 2.24) is 9.55 Å². The lowest BCUT2D eigenvalue weighted by Gasteiger charge is -2.03. The van der Waals surface area contributed by atoms with E-state index < -0.39 is 11.2 Å². The molecule has 0 saturated carbocycles. The Labute approximate surface area is 79.9 Å². The van der Waals surface area contributed by atoms with Crippen LogP contribution in [0.25, 0.3) is 0 Å². The molecule has 14 heavy (non-hydrogen) atoms. The third-order valence-electron chi connectivity index (χ3n) is 1.57. The molecule has 1 N–H and O–H groups in total. The van der Waals surface area contributed by atoms with E-state index in [0.717, 1.165) is 5.57 Å². The van der Waals surface area contributed by atoms with Gasteiger partial charge in [0, 0.05) is 12.7 Å². The van der Waals surface area contributed by atoms with Crippen molar-refractivity contribution in [2.24, 2.45) is 0 Å². The number of allylic oxidation sites excluding steroid dienone is 1. The van der Waals surface area contributed by atoms with Crippen molar-refractivity contribution in [2.45, 2.75) is 13.5 Å². The van der Waals surface area contributed by atoms with Crippen LogP contribution in [0.5, 0.6) is 0 Å². The van der Waals surface area contributed by atoms with Crippen LogP contribution in [-0.4, -0.2) is 9.55 Å². The lowest BCUT2D eigenvalue weighted by Crippen LogP contribution is -2.31. The van der Waals surface area contributed by atoms with Crippen molar-refractivity contribution in [1.29, 1.82) is 5.26 Å². The Morgan fingerprint density at radius 2 is 2.36 bits per heavy atom. The van der Waals surface area contributed by atoms with Gasteiger partial charge in [-0.25, -0.2) is 4.79 Å². The zero-order chi connectivity index (χ0) is 10.7. The summed E-state index contributed by atoms with van der Waals surface area (Å²) in [6.07, 6.45) is 1.23. The molecule has 1 aromatic rings. The van der Waals surface area contributed by atoms with Crippen LogP contribution < -0.4 is 11.2 Å². The lowest BCUT2D eigenvalue weighted by atomic mass is 10.3. The second kappa shape index (κ2) is 3.75. The van der Waals surface area contributed by atoms with Gasteiger partial charge in [-0.15, -0.1) is 0 Å². The van der Waals surface area contributed by atoms with Crippen LogP contribution in [-0.2, 0) is 6.54 Å². The van der Waals surface area contributed by atoms with Crippen LogP contribution >= 0.6 is 0 Å². The zero-order valence-electron chi connectivity index (χ0n) is 7.70. The van der Waals surface area contributed by atoms with Gasteiger partial charge in [0.25, 0.3) is 5.56 Å². The quantitative estimate of drug-likeness (QED) is 0.667. The van der Waals surface area contributed by atoms with Crippen molar-refractivity contribution in [3.05, 3.63) is 44.8 Å². The first-order valence-corrected chi connectivity index (χ1v) is 3.93. The maximum atomic E-state index is 11.2. The Morgan fingerprint density at radius 1 is 1.71 bits per heavy atom. The van der Waals surface area contributed by atoms with E-state index in [9.17, 15) is 9.59 Å². The number of aromatic amines is 1. The number of nitrogens with zero attached hydrogens (tertiary/aromatic N) is 2. The third kappa shape index (κ3) is 1.98. The fourth-order valence-corrected chi connectivity index (χ4v) is 0.997. The highest BCUT2D eigenvalue weighted by molar-refractivity contribution is 5.21. The van der Waals surface area contributed by atoms with E-state index in [1.54, 1.807) is 13.0 Å². The largest absolute Gasteiger partial charge is 0.328 e. The minimum atomic E-state index is -0.657. The van der Waals surface area contributed by atoms with Gasteiger partial charge in [0.15, 0.2) is 0 Å². The van der Waals surface area contributed by atoms with Gasteiger partial charge in [-0.1, -0.05) is 12.2 Å². The van der Waals surface area contributed by atoms with Crippen LogP contribution in [0.1, 0.15) is 12.5 Å². The summed E-state index contributed by atoms with van der Waals surface area (Å²) in [4.78, 5) is 24.2. The summed E-state index contributed by atoms with van der Waals surface area (Å²) in [6.45, 7) is 5.68. The first-order chi connectivity index (χ1) is 6.54. The SMILES string of the molecule is C=C(C)Cn1cc(C#N)c(=O)[nH]c1=O. The summed E-state index contributed by atoms with van der Waals surface area (Å²) >= 11 is 0. The van der Waals surface area contributed by atoms with E-state index in [1.165, 1.54) is 10.8 Å². The summed E-state index contributed by atoms with van der Waals surface area (Å²) < 4.78 is 1.24. The summed E-state index contributed by atoms with van der Waals surface area (Å²) in [7, 11) is 0. The molecule has 1 heterocycles. The normalized spacial score (nSPS) is 9.43. The van der Waals surface area contributed by atoms with Gasteiger partial charge in [-0.2, -0.15) is 5.26 Å². The molecule has 0 radical (unpaired) electrons.